The third kappa shape index (κ3) is 4.84. The predicted molar refractivity (Wildman–Crippen MR) is 120 cm³/mol. The molecule has 0 aliphatic heterocycles. The zero-order valence-corrected chi connectivity index (χ0v) is 19.0. The Labute approximate surface area is 200 Å². The van der Waals surface area contributed by atoms with Crippen LogP contribution < -0.4 is 11.1 Å². The van der Waals surface area contributed by atoms with Crippen LogP contribution in [0.5, 0.6) is 0 Å². The molecule has 1 aromatic carbocycles. The number of aryl methyl sites for hydroxylation is 1. The number of carboxylic acids is 1. The summed E-state index contributed by atoms with van der Waals surface area (Å²) in [4.78, 5) is 33.8. The normalized spacial score (nSPS) is 19.5. The average Bonchev–Trinajstić information content (AvgIpc) is 3.33. The Morgan fingerprint density at radius 2 is 1.97 bits per heavy atom. The molecule has 1 aliphatic carbocycles. The first-order chi connectivity index (χ1) is 16.8. The van der Waals surface area contributed by atoms with Gasteiger partial charge in [0.05, 0.1) is 17.3 Å². The summed E-state index contributed by atoms with van der Waals surface area (Å²) < 4.78 is 46.9. The second-order valence-corrected chi connectivity index (χ2v) is 8.77. The van der Waals surface area contributed by atoms with Gasteiger partial charge in [0.2, 0.25) is 0 Å². The van der Waals surface area contributed by atoms with E-state index < -0.39 is 12.1 Å². The maximum absolute atomic E-state index is 13.6. The molecule has 5 rings (SSSR count). The fourth-order valence-electron chi connectivity index (χ4n) is 4.14. The van der Waals surface area contributed by atoms with Gasteiger partial charge in [-0.2, -0.15) is 18.3 Å². The number of alkyl halides is 3. The standard InChI is InChI=1S/C20H20FN7O.C2HF3O2/c1-20(6-11(22)7-20)26-19(29)13-8-23-18-17(13)25-14(9-24-18)16-12-4-3-10(21)5-15(12)28(2)27-16;3-2(4,5)1(6)7/h3-5,8-9,11H,6-7,22H2,1-2H3,(H,23,24)(H,26,29);(H,6,7). The van der Waals surface area contributed by atoms with E-state index in [0.717, 1.165) is 18.2 Å². The Morgan fingerprint density at radius 1 is 1.31 bits per heavy atom. The molecular formula is C22H21F4N7O3. The van der Waals surface area contributed by atoms with Crippen molar-refractivity contribution in [1.29, 1.82) is 0 Å². The van der Waals surface area contributed by atoms with Crippen molar-refractivity contribution in [3.63, 3.8) is 0 Å². The van der Waals surface area contributed by atoms with Crippen molar-refractivity contribution in [3.05, 3.63) is 42.0 Å². The van der Waals surface area contributed by atoms with Crippen LogP contribution in [0.2, 0.25) is 0 Å². The number of nitrogens with zero attached hydrogens (tertiary/aromatic N) is 4. The fourth-order valence-corrected chi connectivity index (χ4v) is 4.14. The maximum atomic E-state index is 13.6. The number of carbonyl (C=O) groups is 2. The van der Waals surface area contributed by atoms with Crippen LogP contribution in [0.3, 0.4) is 0 Å². The van der Waals surface area contributed by atoms with Gasteiger partial charge in [-0.15, -0.1) is 0 Å². The van der Waals surface area contributed by atoms with Gasteiger partial charge in [-0.25, -0.2) is 19.2 Å². The minimum absolute atomic E-state index is 0.122. The maximum Gasteiger partial charge on any atom is 0.490 e. The number of hydrogen-bond donors (Lipinski definition) is 4. The SMILES string of the molecule is Cn1nc(-c2cnc3[nH]cc(C(=O)NC4(C)CC(N)C4)c3n2)c2ccc(F)cc21.O=C(O)C(F)(F)F. The Morgan fingerprint density at radius 3 is 2.58 bits per heavy atom. The smallest absolute Gasteiger partial charge is 0.475 e. The first-order valence-electron chi connectivity index (χ1n) is 10.6. The first-order valence-corrected chi connectivity index (χ1v) is 10.6. The number of benzene rings is 1. The molecule has 0 radical (unpaired) electrons. The van der Waals surface area contributed by atoms with Gasteiger partial charge in [0, 0.05) is 30.2 Å². The predicted octanol–water partition coefficient (Wildman–Crippen LogP) is 2.89. The topological polar surface area (TPSA) is 152 Å². The van der Waals surface area contributed by atoms with E-state index in [0.29, 0.717) is 33.6 Å². The zero-order chi connectivity index (χ0) is 26.4. The van der Waals surface area contributed by atoms with Crippen molar-refractivity contribution in [2.75, 3.05) is 0 Å². The van der Waals surface area contributed by atoms with E-state index in [1.165, 1.54) is 12.1 Å². The molecule has 10 nitrogen and oxygen atoms in total. The number of halogens is 4. The van der Waals surface area contributed by atoms with Gasteiger partial charge in [-0.1, -0.05) is 0 Å². The summed E-state index contributed by atoms with van der Waals surface area (Å²) in [5, 5.41) is 15.4. The lowest BCUT2D eigenvalue weighted by molar-refractivity contribution is -0.192. The van der Waals surface area contributed by atoms with Crippen LogP contribution in [0.25, 0.3) is 33.5 Å². The molecule has 1 aliphatic rings. The lowest BCUT2D eigenvalue weighted by Crippen LogP contribution is -2.59. The highest BCUT2D eigenvalue weighted by atomic mass is 19.4. The number of aliphatic carboxylic acids is 1. The van der Waals surface area contributed by atoms with Gasteiger partial charge in [0.15, 0.2) is 5.65 Å². The minimum Gasteiger partial charge on any atom is -0.475 e. The van der Waals surface area contributed by atoms with Gasteiger partial charge in [-0.3, -0.25) is 9.48 Å². The van der Waals surface area contributed by atoms with Crippen molar-refractivity contribution in [2.24, 2.45) is 12.8 Å². The summed E-state index contributed by atoms with van der Waals surface area (Å²) >= 11 is 0. The van der Waals surface area contributed by atoms with Crippen molar-refractivity contribution in [1.82, 2.24) is 30.0 Å². The van der Waals surface area contributed by atoms with Gasteiger partial charge in [-0.05, 0) is 38.0 Å². The van der Waals surface area contributed by atoms with Crippen LogP contribution in [0.1, 0.15) is 30.1 Å². The monoisotopic (exact) mass is 507 g/mol. The van der Waals surface area contributed by atoms with Crippen LogP contribution in [-0.2, 0) is 11.8 Å². The van der Waals surface area contributed by atoms with Crippen LogP contribution in [-0.4, -0.2) is 59.5 Å². The molecule has 0 atom stereocenters. The molecule has 0 bridgehead atoms. The highest BCUT2D eigenvalue weighted by Crippen LogP contribution is 2.31. The van der Waals surface area contributed by atoms with E-state index in [1.54, 1.807) is 30.2 Å². The molecule has 190 valence electrons. The second-order valence-electron chi connectivity index (χ2n) is 8.77. The summed E-state index contributed by atoms with van der Waals surface area (Å²) in [7, 11) is 1.75. The van der Waals surface area contributed by atoms with Gasteiger partial charge < -0.3 is 21.1 Å². The number of aromatic nitrogens is 5. The van der Waals surface area contributed by atoms with Crippen molar-refractivity contribution in [3.8, 4) is 11.4 Å². The van der Waals surface area contributed by atoms with Gasteiger partial charge in [0.25, 0.3) is 5.91 Å². The number of fused-ring (bicyclic) bond motifs is 2. The van der Waals surface area contributed by atoms with Gasteiger partial charge >= 0.3 is 12.1 Å². The molecule has 5 N–H and O–H groups in total. The summed E-state index contributed by atoms with van der Waals surface area (Å²) in [5.74, 6) is -3.31. The molecule has 1 amide bonds. The highest BCUT2D eigenvalue weighted by Gasteiger charge is 2.40. The summed E-state index contributed by atoms with van der Waals surface area (Å²) in [5.41, 5.74) is 8.72. The molecule has 0 saturated heterocycles. The van der Waals surface area contributed by atoms with E-state index in [-0.39, 0.29) is 23.3 Å². The molecule has 0 unspecified atom stereocenters. The number of nitrogens with two attached hydrogens (primary N) is 1. The third-order valence-corrected chi connectivity index (χ3v) is 5.76. The summed E-state index contributed by atoms with van der Waals surface area (Å²) in [6.45, 7) is 1.99. The molecule has 1 saturated carbocycles. The zero-order valence-electron chi connectivity index (χ0n) is 19.0. The van der Waals surface area contributed by atoms with Crippen molar-refractivity contribution in [2.45, 2.75) is 37.5 Å². The molecule has 3 heterocycles. The van der Waals surface area contributed by atoms with Crippen molar-refractivity contribution >= 4 is 33.9 Å². The molecular weight excluding hydrogens is 486 g/mol. The summed E-state index contributed by atoms with van der Waals surface area (Å²) in [6.07, 6.45) is -0.390. The second kappa shape index (κ2) is 8.86. The Bertz CT molecular complexity index is 1470. The lowest BCUT2D eigenvalue weighted by atomic mass is 9.74. The Balaban J connectivity index is 0.000000384. The Kier molecular flexibility index (Phi) is 6.16. The fraction of sp³-hybridized carbons (Fsp3) is 0.318. The third-order valence-electron chi connectivity index (χ3n) is 5.76. The van der Waals surface area contributed by atoms with E-state index in [2.05, 4.69) is 25.4 Å². The highest BCUT2D eigenvalue weighted by molar-refractivity contribution is 6.05. The number of H-pyrrole nitrogens is 1. The number of nitrogens with one attached hydrogen (secondary N) is 2. The minimum atomic E-state index is -5.08. The first kappa shape index (κ1) is 25.0. The van der Waals surface area contributed by atoms with Crippen LogP contribution >= 0.6 is 0 Å². The quantitative estimate of drug-likeness (QED) is 0.311. The molecule has 1 fully saturated rings. The number of hydrogen-bond acceptors (Lipinski definition) is 6. The van der Waals surface area contributed by atoms with E-state index in [4.69, 9.17) is 15.6 Å². The van der Waals surface area contributed by atoms with E-state index in [9.17, 15) is 22.4 Å². The molecule has 0 spiro atoms. The molecule has 36 heavy (non-hydrogen) atoms. The largest absolute Gasteiger partial charge is 0.490 e. The Hall–Kier alpha value is -4.07. The molecule has 14 heteroatoms. The average molecular weight is 507 g/mol. The van der Waals surface area contributed by atoms with Crippen LogP contribution in [0.15, 0.2) is 30.6 Å². The van der Waals surface area contributed by atoms with Gasteiger partial charge in [0.1, 0.15) is 22.7 Å². The van der Waals surface area contributed by atoms with Crippen LogP contribution in [0, 0.1) is 5.82 Å². The van der Waals surface area contributed by atoms with E-state index in [1.807, 2.05) is 6.92 Å². The lowest BCUT2D eigenvalue weighted by Gasteiger charge is -2.43. The summed E-state index contributed by atoms with van der Waals surface area (Å²) in [6, 6.07) is 4.61. The molecule has 3 aromatic heterocycles. The van der Waals surface area contributed by atoms with Crippen molar-refractivity contribution < 1.29 is 32.3 Å². The number of carboxylic acid groups (broad SMARTS) is 1. The number of rotatable bonds is 3. The van der Waals surface area contributed by atoms with Crippen LogP contribution in [0.4, 0.5) is 17.6 Å². The number of amides is 1. The molecule has 4 aromatic rings. The number of aromatic amines is 1. The number of carbonyl (C=O) groups excluding carboxylic acids is 1. The van der Waals surface area contributed by atoms with E-state index >= 15 is 0 Å².